The van der Waals surface area contributed by atoms with Gasteiger partial charge in [-0.3, -0.25) is 5.32 Å². The van der Waals surface area contributed by atoms with Gasteiger partial charge in [0.2, 0.25) is 0 Å². The standard InChI is InChI=1S/C8H13F3N2/c1-3-7(4-2,5-12)13-6-8(9,10)11/h13H,3-4,6H2,1-2H3. The summed E-state index contributed by atoms with van der Waals surface area (Å²) in [6.07, 6.45) is -3.52. The number of nitrogens with zero attached hydrogens (tertiary/aromatic N) is 1. The monoisotopic (exact) mass is 194 g/mol. The molecule has 0 rings (SSSR count). The van der Waals surface area contributed by atoms with E-state index in [4.69, 9.17) is 5.26 Å². The van der Waals surface area contributed by atoms with Crippen molar-refractivity contribution in [3.63, 3.8) is 0 Å². The Morgan fingerprint density at radius 2 is 1.69 bits per heavy atom. The molecule has 0 fully saturated rings. The minimum Gasteiger partial charge on any atom is -0.291 e. The Bertz CT molecular complexity index is 189. The second-order valence-corrected chi connectivity index (χ2v) is 2.87. The minimum absolute atomic E-state index is 0.371. The van der Waals surface area contributed by atoms with E-state index in [1.165, 1.54) is 0 Å². The van der Waals surface area contributed by atoms with Gasteiger partial charge >= 0.3 is 6.18 Å². The average Bonchev–Trinajstić information content (AvgIpc) is 2.06. The van der Waals surface area contributed by atoms with Crippen LogP contribution >= 0.6 is 0 Å². The molecule has 0 aromatic heterocycles. The number of hydrogen-bond donors (Lipinski definition) is 1. The Balaban J connectivity index is 4.22. The van der Waals surface area contributed by atoms with Gasteiger partial charge in [0.25, 0.3) is 0 Å². The van der Waals surface area contributed by atoms with Crippen LogP contribution in [0.5, 0.6) is 0 Å². The Morgan fingerprint density at radius 3 is 1.92 bits per heavy atom. The van der Waals surface area contributed by atoms with Gasteiger partial charge in [0, 0.05) is 0 Å². The van der Waals surface area contributed by atoms with Crippen molar-refractivity contribution >= 4 is 0 Å². The molecule has 0 saturated heterocycles. The van der Waals surface area contributed by atoms with Gasteiger partial charge in [-0.2, -0.15) is 18.4 Å². The summed E-state index contributed by atoms with van der Waals surface area (Å²) in [5, 5.41) is 10.9. The van der Waals surface area contributed by atoms with Gasteiger partial charge in [-0.05, 0) is 12.8 Å². The first-order chi connectivity index (χ1) is 5.89. The van der Waals surface area contributed by atoms with E-state index in [0.717, 1.165) is 0 Å². The van der Waals surface area contributed by atoms with Crippen molar-refractivity contribution in [1.29, 1.82) is 5.26 Å². The summed E-state index contributed by atoms with van der Waals surface area (Å²) in [4.78, 5) is 0. The van der Waals surface area contributed by atoms with Crippen molar-refractivity contribution in [2.75, 3.05) is 6.54 Å². The van der Waals surface area contributed by atoms with E-state index in [9.17, 15) is 13.2 Å². The van der Waals surface area contributed by atoms with Gasteiger partial charge in [-0.25, -0.2) is 0 Å². The molecule has 0 saturated carbocycles. The largest absolute Gasteiger partial charge is 0.401 e. The average molecular weight is 194 g/mol. The highest BCUT2D eigenvalue weighted by molar-refractivity contribution is 5.05. The fourth-order valence-electron chi connectivity index (χ4n) is 0.967. The lowest BCUT2D eigenvalue weighted by atomic mass is 9.95. The van der Waals surface area contributed by atoms with Crippen LogP contribution in [0.25, 0.3) is 0 Å². The third-order valence-corrected chi connectivity index (χ3v) is 2.05. The molecule has 0 unspecified atom stereocenters. The second kappa shape index (κ2) is 4.47. The van der Waals surface area contributed by atoms with Crippen LogP contribution in [0.15, 0.2) is 0 Å². The highest BCUT2D eigenvalue weighted by Gasteiger charge is 2.33. The third kappa shape index (κ3) is 4.13. The Hall–Kier alpha value is -0.760. The van der Waals surface area contributed by atoms with Crippen molar-refractivity contribution in [1.82, 2.24) is 5.32 Å². The molecule has 0 aliphatic heterocycles. The lowest BCUT2D eigenvalue weighted by molar-refractivity contribution is -0.127. The molecule has 0 heterocycles. The Morgan fingerprint density at radius 1 is 1.23 bits per heavy atom. The molecular weight excluding hydrogens is 181 g/mol. The van der Waals surface area contributed by atoms with Crippen LogP contribution in [0, 0.1) is 11.3 Å². The summed E-state index contributed by atoms with van der Waals surface area (Å²) < 4.78 is 35.5. The molecule has 76 valence electrons. The number of rotatable bonds is 4. The van der Waals surface area contributed by atoms with Crippen LogP contribution in [0.2, 0.25) is 0 Å². The number of nitriles is 1. The Labute approximate surface area is 75.7 Å². The number of halogens is 3. The molecule has 0 amide bonds. The second-order valence-electron chi connectivity index (χ2n) is 2.87. The number of hydrogen-bond acceptors (Lipinski definition) is 2. The van der Waals surface area contributed by atoms with Gasteiger partial charge in [0.15, 0.2) is 0 Å². The summed E-state index contributed by atoms with van der Waals surface area (Å²) in [6, 6.07) is 1.88. The molecule has 0 aromatic rings. The van der Waals surface area contributed by atoms with Crippen LogP contribution in [0.3, 0.4) is 0 Å². The predicted octanol–water partition coefficient (Wildman–Crippen LogP) is 2.22. The van der Waals surface area contributed by atoms with E-state index in [1.807, 2.05) is 6.07 Å². The number of nitrogens with one attached hydrogen (secondary N) is 1. The van der Waals surface area contributed by atoms with Gasteiger partial charge in [-0.1, -0.05) is 13.8 Å². The zero-order chi connectivity index (χ0) is 10.5. The molecule has 5 heteroatoms. The molecule has 0 aromatic carbocycles. The van der Waals surface area contributed by atoms with E-state index in [0.29, 0.717) is 12.8 Å². The van der Waals surface area contributed by atoms with Crippen LogP contribution in [0.1, 0.15) is 26.7 Å². The summed E-state index contributed by atoms with van der Waals surface area (Å²) in [5.41, 5.74) is -1.03. The zero-order valence-corrected chi connectivity index (χ0v) is 7.70. The van der Waals surface area contributed by atoms with E-state index in [1.54, 1.807) is 13.8 Å². The molecular formula is C8H13F3N2. The molecule has 1 N–H and O–H groups in total. The maximum absolute atomic E-state index is 11.8. The first-order valence-corrected chi connectivity index (χ1v) is 4.12. The fraction of sp³-hybridized carbons (Fsp3) is 0.875. The van der Waals surface area contributed by atoms with Crippen molar-refractivity contribution in [2.45, 2.75) is 38.4 Å². The SMILES string of the molecule is CCC(C#N)(CC)NCC(F)(F)F. The highest BCUT2D eigenvalue weighted by atomic mass is 19.4. The lowest BCUT2D eigenvalue weighted by Gasteiger charge is -2.25. The molecule has 0 aliphatic rings. The van der Waals surface area contributed by atoms with Crippen LogP contribution < -0.4 is 5.32 Å². The zero-order valence-electron chi connectivity index (χ0n) is 7.70. The van der Waals surface area contributed by atoms with E-state index in [2.05, 4.69) is 5.32 Å². The summed E-state index contributed by atoms with van der Waals surface area (Å²) in [5.74, 6) is 0. The maximum Gasteiger partial charge on any atom is 0.401 e. The van der Waals surface area contributed by atoms with Crippen molar-refractivity contribution in [3.05, 3.63) is 0 Å². The third-order valence-electron chi connectivity index (χ3n) is 2.05. The van der Waals surface area contributed by atoms with Crippen LogP contribution in [-0.2, 0) is 0 Å². The molecule has 0 aliphatic carbocycles. The van der Waals surface area contributed by atoms with Crippen molar-refractivity contribution in [2.24, 2.45) is 0 Å². The van der Waals surface area contributed by atoms with Crippen molar-refractivity contribution < 1.29 is 13.2 Å². The topological polar surface area (TPSA) is 35.8 Å². The Kier molecular flexibility index (Phi) is 4.21. The number of alkyl halides is 3. The van der Waals surface area contributed by atoms with Gasteiger partial charge in [-0.15, -0.1) is 0 Å². The molecule has 0 bridgehead atoms. The molecule has 0 atom stereocenters. The van der Waals surface area contributed by atoms with Gasteiger partial charge < -0.3 is 0 Å². The predicted molar refractivity (Wildman–Crippen MR) is 43.0 cm³/mol. The molecule has 13 heavy (non-hydrogen) atoms. The maximum atomic E-state index is 11.8. The fourth-order valence-corrected chi connectivity index (χ4v) is 0.967. The normalized spacial score (nSPS) is 12.6. The molecule has 0 radical (unpaired) electrons. The van der Waals surface area contributed by atoms with E-state index in [-0.39, 0.29) is 0 Å². The molecule has 2 nitrogen and oxygen atoms in total. The summed E-state index contributed by atoms with van der Waals surface area (Å²) in [7, 11) is 0. The first kappa shape index (κ1) is 12.2. The molecule has 0 spiro atoms. The van der Waals surface area contributed by atoms with Crippen LogP contribution in [0.4, 0.5) is 13.2 Å². The first-order valence-electron chi connectivity index (χ1n) is 4.12. The van der Waals surface area contributed by atoms with Gasteiger partial charge in [0.05, 0.1) is 12.6 Å². The minimum atomic E-state index is -4.26. The lowest BCUT2D eigenvalue weighted by Crippen LogP contribution is -2.47. The van der Waals surface area contributed by atoms with E-state index >= 15 is 0 Å². The summed E-state index contributed by atoms with van der Waals surface area (Å²) >= 11 is 0. The summed E-state index contributed by atoms with van der Waals surface area (Å²) in [6.45, 7) is 2.27. The smallest absolute Gasteiger partial charge is 0.291 e. The van der Waals surface area contributed by atoms with Crippen molar-refractivity contribution in [3.8, 4) is 6.07 Å². The van der Waals surface area contributed by atoms with Gasteiger partial charge in [0.1, 0.15) is 5.54 Å². The van der Waals surface area contributed by atoms with Crippen LogP contribution in [-0.4, -0.2) is 18.3 Å². The quantitative estimate of drug-likeness (QED) is 0.744. The highest BCUT2D eigenvalue weighted by Crippen LogP contribution is 2.18. The van der Waals surface area contributed by atoms with E-state index < -0.39 is 18.3 Å².